The number of hydrogen-bond acceptors (Lipinski definition) is 3. The Morgan fingerprint density at radius 1 is 1.00 bits per heavy atom. The molecular formula is C18H22N2O2. The van der Waals surface area contributed by atoms with Gasteiger partial charge in [-0.2, -0.15) is 0 Å². The molecule has 1 aromatic carbocycles. The maximum atomic E-state index is 10.8. The number of carboxylic acids is 1. The van der Waals surface area contributed by atoms with Gasteiger partial charge in [0.2, 0.25) is 0 Å². The molecule has 0 saturated heterocycles. The van der Waals surface area contributed by atoms with E-state index in [4.69, 9.17) is 5.11 Å². The number of aromatic nitrogens is 2. The number of rotatable bonds is 8. The zero-order valence-electron chi connectivity index (χ0n) is 13.0. The molecule has 0 aliphatic carbocycles. The smallest absolute Gasteiger partial charge is 0.335 e. The largest absolute Gasteiger partial charge is 0.478 e. The van der Waals surface area contributed by atoms with Gasteiger partial charge in [0.25, 0.3) is 0 Å². The number of aromatic carboxylic acids is 1. The molecule has 0 saturated carbocycles. The summed E-state index contributed by atoms with van der Waals surface area (Å²) < 4.78 is 0. The van der Waals surface area contributed by atoms with Crippen molar-refractivity contribution in [3.8, 4) is 11.4 Å². The van der Waals surface area contributed by atoms with E-state index in [1.165, 1.54) is 32.1 Å². The van der Waals surface area contributed by atoms with Gasteiger partial charge in [0.05, 0.1) is 5.56 Å². The molecule has 0 aliphatic heterocycles. The standard InChI is InChI=1S/C18H22N2O2/c1-2-3-4-5-6-7-14-12-19-17(20-13-14)15-8-10-16(11-9-15)18(21)22/h8-13H,2-7H2,1H3,(H,21,22). The van der Waals surface area contributed by atoms with Gasteiger partial charge in [-0.15, -0.1) is 0 Å². The summed E-state index contributed by atoms with van der Waals surface area (Å²) in [5.41, 5.74) is 2.26. The number of hydrogen-bond donors (Lipinski definition) is 1. The van der Waals surface area contributed by atoms with Crippen molar-refractivity contribution in [1.82, 2.24) is 9.97 Å². The molecule has 4 nitrogen and oxygen atoms in total. The second-order valence-corrected chi connectivity index (χ2v) is 5.46. The summed E-state index contributed by atoms with van der Waals surface area (Å²) in [5, 5.41) is 8.89. The topological polar surface area (TPSA) is 63.1 Å². The maximum Gasteiger partial charge on any atom is 0.335 e. The van der Waals surface area contributed by atoms with Crippen LogP contribution in [0.1, 0.15) is 54.9 Å². The van der Waals surface area contributed by atoms with E-state index in [-0.39, 0.29) is 5.56 Å². The molecule has 1 N–H and O–H groups in total. The molecule has 1 heterocycles. The van der Waals surface area contributed by atoms with Crippen LogP contribution in [-0.2, 0) is 6.42 Å². The third kappa shape index (κ3) is 4.65. The molecule has 2 aromatic rings. The van der Waals surface area contributed by atoms with Crippen molar-refractivity contribution in [2.24, 2.45) is 0 Å². The molecule has 22 heavy (non-hydrogen) atoms. The van der Waals surface area contributed by atoms with Gasteiger partial charge >= 0.3 is 5.97 Å². The van der Waals surface area contributed by atoms with Crippen LogP contribution in [0.25, 0.3) is 11.4 Å². The number of benzene rings is 1. The normalized spacial score (nSPS) is 10.6. The Labute approximate surface area is 131 Å². The first-order valence-corrected chi connectivity index (χ1v) is 7.85. The van der Waals surface area contributed by atoms with E-state index in [0.717, 1.165) is 17.5 Å². The lowest BCUT2D eigenvalue weighted by atomic mass is 10.1. The van der Waals surface area contributed by atoms with Crippen LogP contribution in [0.4, 0.5) is 0 Å². The number of nitrogens with zero attached hydrogens (tertiary/aromatic N) is 2. The number of unbranched alkanes of at least 4 members (excludes halogenated alkanes) is 4. The molecule has 0 fully saturated rings. The zero-order valence-corrected chi connectivity index (χ0v) is 13.0. The lowest BCUT2D eigenvalue weighted by Gasteiger charge is -2.04. The number of aryl methyl sites for hydroxylation is 1. The quantitative estimate of drug-likeness (QED) is 0.736. The Bertz CT molecular complexity index is 591. The van der Waals surface area contributed by atoms with Gasteiger partial charge in [0.1, 0.15) is 0 Å². The molecule has 116 valence electrons. The molecule has 1 aromatic heterocycles. The second-order valence-electron chi connectivity index (χ2n) is 5.46. The van der Waals surface area contributed by atoms with Crippen LogP contribution in [0, 0.1) is 0 Å². The minimum Gasteiger partial charge on any atom is -0.478 e. The van der Waals surface area contributed by atoms with Crippen molar-refractivity contribution in [2.75, 3.05) is 0 Å². The summed E-state index contributed by atoms with van der Waals surface area (Å²) >= 11 is 0. The third-order valence-corrected chi connectivity index (χ3v) is 3.66. The van der Waals surface area contributed by atoms with Crippen molar-refractivity contribution in [2.45, 2.75) is 45.4 Å². The number of carboxylic acid groups (broad SMARTS) is 1. The van der Waals surface area contributed by atoms with Crippen LogP contribution in [-0.4, -0.2) is 21.0 Å². The summed E-state index contributed by atoms with van der Waals surface area (Å²) in [6.45, 7) is 2.22. The van der Waals surface area contributed by atoms with Crippen LogP contribution in [0.2, 0.25) is 0 Å². The fraction of sp³-hybridized carbons (Fsp3) is 0.389. The average molecular weight is 298 g/mol. The molecule has 0 atom stereocenters. The first-order chi connectivity index (χ1) is 10.7. The van der Waals surface area contributed by atoms with E-state index >= 15 is 0 Å². The Morgan fingerprint density at radius 2 is 1.64 bits per heavy atom. The van der Waals surface area contributed by atoms with E-state index in [1.807, 2.05) is 12.4 Å². The third-order valence-electron chi connectivity index (χ3n) is 3.66. The minimum absolute atomic E-state index is 0.271. The van der Waals surface area contributed by atoms with Gasteiger partial charge < -0.3 is 5.11 Å². The predicted octanol–water partition coefficient (Wildman–Crippen LogP) is 4.35. The average Bonchev–Trinajstić information content (AvgIpc) is 2.55. The first-order valence-electron chi connectivity index (χ1n) is 7.85. The Morgan fingerprint density at radius 3 is 2.23 bits per heavy atom. The molecule has 0 amide bonds. The van der Waals surface area contributed by atoms with Gasteiger partial charge in [0.15, 0.2) is 5.82 Å². The molecule has 0 spiro atoms. The van der Waals surface area contributed by atoms with E-state index in [2.05, 4.69) is 16.9 Å². The Hall–Kier alpha value is -2.23. The van der Waals surface area contributed by atoms with E-state index in [1.54, 1.807) is 24.3 Å². The second kappa shape index (κ2) is 8.27. The molecule has 0 aliphatic rings. The van der Waals surface area contributed by atoms with Crippen molar-refractivity contribution < 1.29 is 9.90 Å². The van der Waals surface area contributed by atoms with Crippen LogP contribution in [0.5, 0.6) is 0 Å². The SMILES string of the molecule is CCCCCCCc1cnc(-c2ccc(C(=O)O)cc2)nc1. The van der Waals surface area contributed by atoms with Crippen molar-refractivity contribution in [3.05, 3.63) is 47.8 Å². The van der Waals surface area contributed by atoms with Gasteiger partial charge in [0, 0.05) is 18.0 Å². The highest BCUT2D eigenvalue weighted by Gasteiger charge is 2.05. The number of carbonyl (C=O) groups is 1. The fourth-order valence-electron chi connectivity index (χ4n) is 2.33. The van der Waals surface area contributed by atoms with Crippen LogP contribution >= 0.6 is 0 Å². The highest BCUT2D eigenvalue weighted by atomic mass is 16.4. The molecular weight excluding hydrogens is 276 g/mol. The van der Waals surface area contributed by atoms with E-state index < -0.39 is 5.97 Å². The first kappa shape index (κ1) is 16.1. The molecule has 0 unspecified atom stereocenters. The van der Waals surface area contributed by atoms with Crippen LogP contribution in [0.15, 0.2) is 36.7 Å². The summed E-state index contributed by atoms with van der Waals surface area (Å²) in [5.74, 6) is -0.294. The Kier molecular flexibility index (Phi) is 6.07. The van der Waals surface area contributed by atoms with E-state index in [9.17, 15) is 4.79 Å². The monoisotopic (exact) mass is 298 g/mol. The molecule has 0 radical (unpaired) electrons. The molecule has 2 rings (SSSR count). The van der Waals surface area contributed by atoms with Gasteiger partial charge in [-0.1, -0.05) is 44.7 Å². The molecule has 4 heteroatoms. The van der Waals surface area contributed by atoms with Crippen LogP contribution < -0.4 is 0 Å². The lowest BCUT2D eigenvalue weighted by Crippen LogP contribution is -1.96. The highest BCUT2D eigenvalue weighted by Crippen LogP contribution is 2.16. The van der Waals surface area contributed by atoms with Crippen molar-refractivity contribution in [1.29, 1.82) is 0 Å². The predicted molar refractivity (Wildman–Crippen MR) is 86.9 cm³/mol. The van der Waals surface area contributed by atoms with Gasteiger partial charge in [-0.05, 0) is 30.5 Å². The Balaban J connectivity index is 1.92. The summed E-state index contributed by atoms with van der Waals surface area (Å²) in [6, 6.07) is 6.62. The summed E-state index contributed by atoms with van der Waals surface area (Å²) in [7, 11) is 0. The minimum atomic E-state index is -0.925. The molecule has 0 bridgehead atoms. The zero-order chi connectivity index (χ0) is 15.8. The van der Waals surface area contributed by atoms with Gasteiger partial charge in [-0.3, -0.25) is 0 Å². The van der Waals surface area contributed by atoms with E-state index in [0.29, 0.717) is 5.82 Å². The summed E-state index contributed by atoms with van der Waals surface area (Å²) in [4.78, 5) is 19.6. The van der Waals surface area contributed by atoms with Crippen LogP contribution in [0.3, 0.4) is 0 Å². The lowest BCUT2D eigenvalue weighted by molar-refractivity contribution is 0.0697. The highest BCUT2D eigenvalue weighted by molar-refractivity contribution is 5.88. The van der Waals surface area contributed by atoms with Crippen molar-refractivity contribution >= 4 is 5.97 Å². The van der Waals surface area contributed by atoms with Gasteiger partial charge in [-0.25, -0.2) is 14.8 Å². The summed E-state index contributed by atoms with van der Waals surface area (Å²) in [6.07, 6.45) is 11.1. The van der Waals surface area contributed by atoms with Crippen molar-refractivity contribution in [3.63, 3.8) is 0 Å². The fourth-order valence-corrected chi connectivity index (χ4v) is 2.33. The maximum absolute atomic E-state index is 10.8.